The predicted molar refractivity (Wildman–Crippen MR) is 163 cm³/mol. The molecule has 5 aromatic rings. The molecule has 2 N–H and O–H groups in total. The Balaban J connectivity index is 1.24. The third-order valence-corrected chi connectivity index (χ3v) is 6.89. The minimum Gasteiger partial charge on any atom is -0.378 e. The number of carbonyl (C=O) groups excluding carboxylic acids is 2. The van der Waals surface area contributed by atoms with Crippen LogP contribution in [-0.4, -0.2) is 58.1 Å². The summed E-state index contributed by atoms with van der Waals surface area (Å²) in [5.74, 6) is 1.43. The Morgan fingerprint density at radius 1 is 0.857 bits per heavy atom. The number of hydrogen-bond donors (Lipinski definition) is 2. The van der Waals surface area contributed by atoms with Crippen molar-refractivity contribution in [3.8, 4) is 22.5 Å². The van der Waals surface area contributed by atoms with Crippen molar-refractivity contribution in [1.29, 1.82) is 0 Å². The lowest BCUT2D eigenvalue weighted by Crippen LogP contribution is -2.37. The zero-order chi connectivity index (χ0) is 28.9. The van der Waals surface area contributed by atoms with Gasteiger partial charge in [0, 0.05) is 66.2 Å². The highest BCUT2D eigenvalue weighted by atomic mass is 16.5. The van der Waals surface area contributed by atoms with Crippen molar-refractivity contribution in [3.05, 3.63) is 90.9 Å². The Kier molecular flexibility index (Phi) is 7.78. The Morgan fingerprint density at radius 2 is 1.57 bits per heavy atom. The van der Waals surface area contributed by atoms with Gasteiger partial charge in [0.1, 0.15) is 11.3 Å². The third-order valence-electron chi connectivity index (χ3n) is 6.89. The molecule has 1 saturated heterocycles. The van der Waals surface area contributed by atoms with Gasteiger partial charge in [0.2, 0.25) is 0 Å². The molecule has 0 aliphatic carbocycles. The van der Waals surface area contributed by atoms with Crippen LogP contribution in [0.25, 0.3) is 33.5 Å². The number of ether oxygens (including phenoxy) is 1. The van der Waals surface area contributed by atoms with Crippen molar-refractivity contribution in [2.24, 2.45) is 0 Å². The number of carbonyl (C=O) groups is 2. The second kappa shape index (κ2) is 12.1. The minimum absolute atomic E-state index is 0.0921. The van der Waals surface area contributed by atoms with Gasteiger partial charge in [-0.05, 0) is 61.0 Å². The van der Waals surface area contributed by atoms with Gasteiger partial charge in [-0.15, -0.1) is 0 Å². The quantitative estimate of drug-likeness (QED) is 0.273. The number of urea groups is 1. The van der Waals surface area contributed by atoms with Gasteiger partial charge in [-0.3, -0.25) is 14.8 Å². The number of hydrogen-bond acceptors (Lipinski definition) is 8. The first-order valence-corrected chi connectivity index (χ1v) is 13.7. The van der Waals surface area contributed by atoms with Gasteiger partial charge in [-0.2, -0.15) is 0 Å². The lowest BCUT2D eigenvalue weighted by Gasteiger charge is -2.28. The standard InChI is InChI=1S/C32H29N7O3/c1-21(40)17-22-4-8-26(9-5-22)35-32(41)36-27-10-6-23(7-11-27)30-37-28-18-25(24-3-2-12-33-19-24)20-34-29(28)31(38-30)39-13-15-42-16-14-39/h2-12,18-20H,13-17H2,1H3,(H2,35,36,41). The molecule has 6 rings (SSSR count). The van der Waals surface area contributed by atoms with Gasteiger partial charge < -0.3 is 20.3 Å². The molecule has 1 aliphatic rings. The largest absolute Gasteiger partial charge is 0.378 e. The summed E-state index contributed by atoms with van der Waals surface area (Å²) in [6.45, 7) is 4.24. The minimum atomic E-state index is -0.368. The molecule has 42 heavy (non-hydrogen) atoms. The van der Waals surface area contributed by atoms with Crippen molar-refractivity contribution >= 4 is 40.0 Å². The number of anilines is 3. The first-order valence-electron chi connectivity index (χ1n) is 13.7. The highest BCUT2D eigenvalue weighted by Crippen LogP contribution is 2.30. The summed E-state index contributed by atoms with van der Waals surface area (Å²) >= 11 is 0. The summed E-state index contributed by atoms with van der Waals surface area (Å²) < 4.78 is 5.56. The summed E-state index contributed by atoms with van der Waals surface area (Å²) in [5, 5.41) is 5.66. The van der Waals surface area contributed by atoms with E-state index in [0.717, 1.165) is 52.2 Å². The van der Waals surface area contributed by atoms with Crippen LogP contribution in [0.5, 0.6) is 0 Å². The Morgan fingerprint density at radius 3 is 2.24 bits per heavy atom. The number of benzene rings is 2. The van der Waals surface area contributed by atoms with Gasteiger partial charge >= 0.3 is 6.03 Å². The van der Waals surface area contributed by atoms with Gasteiger partial charge in [-0.1, -0.05) is 18.2 Å². The normalized spacial score (nSPS) is 13.1. The van der Waals surface area contributed by atoms with E-state index in [1.54, 1.807) is 31.5 Å². The molecule has 1 aliphatic heterocycles. The second-order valence-electron chi connectivity index (χ2n) is 10.0. The zero-order valence-electron chi connectivity index (χ0n) is 23.1. The average molecular weight is 560 g/mol. The summed E-state index contributed by atoms with van der Waals surface area (Å²) in [6, 6.07) is 20.1. The fraction of sp³-hybridized carbons (Fsp3) is 0.188. The van der Waals surface area contributed by atoms with Crippen LogP contribution in [0.2, 0.25) is 0 Å². The molecule has 0 unspecified atom stereocenters. The molecule has 0 radical (unpaired) electrons. The van der Waals surface area contributed by atoms with E-state index in [2.05, 4.69) is 20.5 Å². The van der Waals surface area contributed by atoms with Crippen molar-refractivity contribution < 1.29 is 14.3 Å². The number of pyridine rings is 2. The smallest absolute Gasteiger partial charge is 0.323 e. The number of amides is 2. The molecular weight excluding hydrogens is 530 g/mol. The van der Waals surface area contributed by atoms with Crippen molar-refractivity contribution in [2.75, 3.05) is 41.8 Å². The number of ketones is 1. The van der Waals surface area contributed by atoms with Gasteiger partial charge in [-0.25, -0.2) is 14.8 Å². The van der Waals surface area contributed by atoms with E-state index in [-0.39, 0.29) is 11.8 Å². The van der Waals surface area contributed by atoms with Crippen molar-refractivity contribution in [2.45, 2.75) is 13.3 Å². The Labute approximate surface area is 242 Å². The first-order chi connectivity index (χ1) is 20.5. The van der Waals surface area contributed by atoms with Crippen molar-refractivity contribution in [1.82, 2.24) is 19.9 Å². The number of nitrogens with one attached hydrogen (secondary N) is 2. The van der Waals surface area contributed by atoms with Crippen LogP contribution in [0.3, 0.4) is 0 Å². The Hall–Kier alpha value is -5.22. The van der Waals surface area contributed by atoms with E-state index in [1.165, 1.54) is 0 Å². The molecule has 4 heterocycles. The summed E-state index contributed by atoms with van der Waals surface area (Å²) in [7, 11) is 0. The molecule has 10 heteroatoms. The lowest BCUT2D eigenvalue weighted by molar-refractivity contribution is -0.116. The van der Waals surface area contributed by atoms with Crippen LogP contribution in [0.4, 0.5) is 22.0 Å². The molecule has 0 saturated carbocycles. The van der Waals surface area contributed by atoms with Gasteiger partial charge in [0.15, 0.2) is 11.6 Å². The molecule has 2 aromatic carbocycles. The number of fused-ring (bicyclic) bond motifs is 1. The highest BCUT2D eigenvalue weighted by molar-refractivity contribution is 6.00. The van der Waals surface area contributed by atoms with Crippen molar-refractivity contribution in [3.63, 3.8) is 0 Å². The zero-order valence-corrected chi connectivity index (χ0v) is 23.1. The third kappa shape index (κ3) is 6.24. The predicted octanol–water partition coefficient (Wildman–Crippen LogP) is 5.37. The highest BCUT2D eigenvalue weighted by Gasteiger charge is 2.20. The molecule has 1 fully saturated rings. The van der Waals surface area contributed by atoms with E-state index < -0.39 is 0 Å². The van der Waals surface area contributed by atoms with Gasteiger partial charge in [0.25, 0.3) is 0 Å². The SMILES string of the molecule is CC(=O)Cc1ccc(NC(=O)Nc2ccc(-c3nc(N4CCOCC4)c4ncc(-c5cccnc5)cc4n3)cc2)cc1. The molecule has 210 valence electrons. The maximum atomic E-state index is 12.6. The molecular formula is C32H29N7O3. The first kappa shape index (κ1) is 27.0. The van der Waals surface area contributed by atoms with Crippen LogP contribution in [0.1, 0.15) is 12.5 Å². The maximum absolute atomic E-state index is 12.6. The number of rotatable bonds is 7. The van der Waals surface area contributed by atoms with Crippen LogP contribution >= 0.6 is 0 Å². The van der Waals surface area contributed by atoms with Crippen LogP contribution in [0, 0.1) is 0 Å². The summed E-state index contributed by atoms with van der Waals surface area (Å²) in [5.41, 5.74) is 6.32. The van der Waals surface area contributed by atoms with E-state index in [9.17, 15) is 9.59 Å². The fourth-order valence-electron chi connectivity index (χ4n) is 4.81. The maximum Gasteiger partial charge on any atom is 0.323 e. The summed E-state index contributed by atoms with van der Waals surface area (Å²) in [6.07, 6.45) is 5.75. The monoisotopic (exact) mass is 559 g/mol. The second-order valence-corrected chi connectivity index (χ2v) is 10.0. The average Bonchev–Trinajstić information content (AvgIpc) is 3.02. The lowest BCUT2D eigenvalue weighted by atomic mass is 10.1. The fourth-order valence-corrected chi connectivity index (χ4v) is 4.81. The molecule has 3 aromatic heterocycles. The molecule has 0 bridgehead atoms. The number of Topliss-reactive ketones (excluding diaryl/α,β-unsaturated/α-hetero) is 1. The van der Waals surface area contributed by atoms with Crippen LogP contribution < -0.4 is 15.5 Å². The topological polar surface area (TPSA) is 122 Å². The van der Waals surface area contributed by atoms with E-state index in [4.69, 9.17) is 19.7 Å². The van der Waals surface area contributed by atoms with E-state index >= 15 is 0 Å². The number of aromatic nitrogens is 4. The molecule has 10 nitrogen and oxygen atoms in total. The molecule has 0 spiro atoms. The van der Waals surface area contributed by atoms with Crippen LogP contribution in [-0.2, 0) is 16.0 Å². The molecule has 0 atom stereocenters. The summed E-state index contributed by atoms with van der Waals surface area (Å²) in [4.78, 5) is 44.9. The Bertz CT molecular complexity index is 1720. The number of morpholine rings is 1. The molecule has 2 amide bonds. The number of nitrogens with zero attached hydrogens (tertiary/aromatic N) is 5. The van der Waals surface area contributed by atoms with Gasteiger partial charge in [0.05, 0.1) is 18.7 Å². The van der Waals surface area contributed by atoms with E-state index in [0.29, 0.717) is 36.8 Å². The van der Waals surface area contributed by atoms with Crippen LogP contribution in [0.15, 0.2) is 85.3 Å². The van der Waals surface area contributed by atoms with E-state index in [1.807, 2.05) is 60.8 Å².